The van der Waals surface area contributed by atoms with Crippen LogP contribution >= 0.6 is 11.6 Å². The molecule has 0 N–H and O–H groups in total. The van der Waals surface area contributed by atoms with E-state index in [1.165, 1.54) is 50.8 Å². The first-order chi connectivity index (χ1) is 8.31. The van der Waals surface area contributed by atoms with Crippen molar-refractivity contribution in [2.24, 2.45) is 0 Å². The fourth-order valence-corrected chi connectivity index (χ4v) is 2.69. The summed E-state index contributed by atoms with van der Waals surface area (Å²) in [5, 5.41) is 0.588. The van der Waals surface area contributed by atoms with Crippen LogP contribution < -0.4 is 0 Å². The van der Waals surface area contributed by atoms with Crippen molar-refractivity contribution in [3.63, 3.8) is 0 Å². The van der Waals surface area contributed by atoms with E-state index in [2.05, 4.69) is 22.9 Å². The summed E-state index contributed by atoms with van der Waals surface area (Å²) in [4.78, 5) is 6.82. The topological polar surface area (TPSA) is 16.1 Å². The van der Waals surface area contributed by atoms with Gasteiger partial charge in [0.1, 0.15) is 5.15 Å². The number of likely N-dealkylation sites (tertiary alicyclic amines) is 1. The zero-order valence-corrected chi connectivity index (χ0v) is 11.3. The second-order valence-electron chi connectivity index (χ2n) is 4.82. The molecule has 0 bridgehead atoms. The van der Waals surface area contributed by atoms with Crippen LogP contribution in [-0.2, 0) is 0 Å². The maximum atomic E-state index is 5.85. The zero-order valence-electron chi connectivity index (χ0n) is 10.5. The van der Waals surface area contributed by atoms with Gasteiger partial charge in [0.15, 0.2) is 0 Å². The summed E-state index contributed by atoms with van der Waals surface area (Å²) < 4.78 is 0. The Hall–Kier alpha value is -0.600. The van der Waals surface area contributed by atoms with E-state index in [9.17, 15) is 0 Å². The predicted octanol–water partition coefficient (Wildman–Crippen LogP) is 4.06. The number of nitrogens with zero attached hydrogens (tertiary/aromatic N) is 2. The Kier molecular flexibility index (Phi) is 4.81. The van der Waals surface area contributed by atoms with Crippen LogP contribution in [0.5, 0.6) is 0 Å². The number of aromatic nitrogens is 1. The first kappa shape index (κ1) is 12.8. The number of halogens is 1. The van der Waals surface area contributed by atoms with Crippen LogP contribution in [0.2, 0.25) is 5.15 Å². The van der Waals surface area contributed by atoms with Crippen molar-refractivity contribution in [3.05, 3.63) is 29.0 Å². The molecule has 1 unspecified atom stereocenters. The summed E-state index contributed by atoms with van der Waals surface area (Å²) >= 11 is 5.85. The van der Waals surface area contributed by atoms with Crippen molar-refractivity contribution in [2.45, 2.75) is 45.1 Å². The lowest BCUT2D eigenvalue weighted by Gasteiger charge is -2.35. The third-order valence-corrected chi connectivity index (χ3v) is 3.77. The van der Waals surface area contributed by atoms with Crippen molar-refractivity contribution >= 4 is 11.6 Å². The van der Waals surface area contributed by atoms with Crippen LogP contribution in [0.3, 0.4) is 0 Å². The normalized spacial score (nSPS) is 21.6. The highest BCUT2D eigenvalue weighted by Gasteiger charge is 2.23. The van der Waals surface area contributed by atoms with Crippen molar-refractivity contribution in [3.8, 4) is 0 Å². The fraction of sp³-hybridized carbons (Fsp3) is 0.643. The summed E-state index contributed by atoms with van der Waals surface area (Å²) in [6.07, 6.45) is 8.42. The Morgan fingerprint density at radius 2 is 2.29 bits per heavy atom. The highest BCUT2D eigenvalue weighted by molar-refractivity contribution is 6.29. The van der Waals surface area contributed by atoms with Gasteiger partial charge in [-0.05, 0) is 44.0 Å². The fourth-order valence-electron chi connectivity index (χ4n) is 2.58. The molecule has 94 valence electrons. The molecule has 17 heavy (non-hydrogen) atoms. The number of piperidine rings is 1. The van der Waals surface area contributed by atoms with Crippen LogP contribution in [0.15, 0.2) is 18.3 Å². The molecular weight excluding hydrogens is 232 g/mol. The van der Waals surface area contributed by atoms with Crippen molar-refractivity contribution < 1.29 is 0 Å². The van der Waals surface area contributed by atoms with Gasteiger partial charge in [0.05, 0.1) is 0 Å². The summed E-state index contributed by atoms with van der Waals surface area (Å²) in [6, 6.07) is 4.59. The summed E-state index contributed by atoms with van der Waals surface area (Å²) in [5.74, 6) is 0. The van der Waals surface area contributed by atoms with Crippen LogP contribution in [-0.4, -0.2) is 23.0 Å². The van der Waals surface area contributed by atoms with Crippen LogP contribution in [0.4, 0.5) is 0 Å². The molecule has 2 heterocycles. The van der Waals surface area contributed by atoms with Gasteiger partial charge in [0.25, 0.3) is 0 Å². The van der Waals surface area contributed by atoms with Gasteiger partial charge in [0, 0.05) is 12.2 Å². The Balaban J connectivity index is 2.07. The first-order valence-electron chi connectivity index (χ1n) is 6.66. The van der Waals surface area contributed by atoms with E-state index in [0.717, 1.165) is 0 Å². The van der Waals surface area contributed by atoms with Gasteiger partial charge in [-0.2, -0.15) is 0 Å². The molecule has 1 aliphatic heterocycles. The maximum Gasteiger partial charge on any atom is 0.129 e. The molecule has 1 saturated heterocycles. The van der Waals surface area contributed by atoms with E-state index in [4.69, 9.17) is 11.6 Å². The molecule has 0 aromatic carbocycles. The molecule has 1 aromatic heterocycles. The molecule has 2 rings (SSSR count). The minimum atomic E-state index is 0.556. The van der Waals surface area contributed by atoms with Gasteiger partial charge in [0.2, 0.25) is 0 Å². The van der Waals surface area contributed by atoms with Gasteiger partial charge >= 0.3 is 0 Å². The van der Waals surface area contributed by atoms with E-state index in [-0.39, 0.29) is 0 Å². The van der Waals surface area contributed by atoms with E-state index in [1.807, 2.05) is 12.3 Å². The van der Waals surface area contributed by atoms with Crippen LogP contribution in [0.25, 0.3) is 0 Å². The lowest BCUT2D eigenvalue weighted by Crippen LogP contribution is -2.34. The van der Waals surface area contributed by atoms with Gasteiger partial charge in [-0.25, -0.2) is 4.98 Å². The highest BCUT2D eigenvalue weighted by Crippen LogP contribution is 2.30. The van der Waals surface area contributed by atoms with Gasteiger partial charge in [-0.3, -0.25) is 4.90 Å². The van der Waals surface area contributed by atoms with E-state index in [1.54, 1.807) is 0 Å². The molecule has 0 amide bonds. The second-order valence-corrected chi connectivity index (χ2v) is 5.20. The molecule has 0 aliphatic carbocycles. The van der Waals surface area contributed by atoms with Gasteiger partial charge in [-0.1, -0.05) is 37.4 Å². The Labute approximate surface area is 109 Å². The van der Waals surface area contributed by atoms with Crippen molar-refractivity contribution in [2.75, 3.05) is 13.1 Å². The number of hydrogen-bond donors (Lipinski definition) is 0. The SMILES string of the molecule is CCCCN1CCCCC1c1ccc(Cl)nc1. The minimum absolute atomic E-state index is 0.556. The second kappa shape index (κ2) is 6.36. The molecule has 1 aliphatic rings. The molecule has 1 fully saturated rings. The Morgan fingerprint density at radius 3 is 3.00 bits per heavy atom. The predicted molar refractivity (Wildman–Crippen MR) is 72.3 cm³/mol. The average Bonchev–Trinajstić information content (AvgIpc) is 2.38. The molecule has 0 saturated carbocycles. The van der Waals surface area contributed by atoms with E-state index >= 15 is 0 Å². The molecule has 0 radical (unpaired) electrons. The smallest absolute Gasteiger partial charge is 0.129 e. The standard InChI is InChI=1S/C14H21ClN2/c1-2-3-9-17-10-5-4-6-13(17)12-7-8-14(15)16-11-12/h7-8,11,13H,2-6,9-10H2,1H3. The van der Waals surface area contributed by atoms with E-state index in [0.29, 0.717) is 11.2 Å². The largest absolute Gasteiger partial charge is 0.296 e. The van der Waals surface area contributed by atoms with Crippen molar-refractivity contribution in [1.29, 1.82) is 0 Å². The molecule has 0 spiro atoms. The van der Waals surface area contributed by atoms with E-state index < -0.39 is 0 Å². The van der Waals surface area contributed by atoms with Crippen LogP contribution in [0.1, 0.15) is 50.6 Å². The van der Waals surface area contributed by atoms with Crippen LogP contribution in [0, 0.1) is 0 Å². The molecular formula is C14H21ClN2. The molecule has 1 atom stereocenters. The lowest BCUT2D eigenvalue weighted by molar-refractivity contribution is 0.146. The quantitative estimate of drug-likeness (QED) is 0.752. The first-order valence-corrected chi connectivity index (χ1v) is 7.04. The summed E-state index contributed by atoms with van der Waals surface area (Å²) in [5.41, 5.74) is 1.32. The summed E-state index contributed by atoms with van der Waals surface area (Å²) in [7, 11) is 0. The third-order valence-electron chi connectivity index (χ3n) is 3.55. The molecule has 2 nitrogen and oxygen atoms in total. The highest BCUT2D eigenvalue weighted by atomic mass is 35.5. The average molecular weight is 253 g/mol. The number of pyridine rings is 1. The lowest BCUT2D eigenvalue weighted by atomic mass is 9.96. The zero-order chi connectivity index (χ0) is 12.1. The molecule has 3 heteroatoms. The number of rotatable bonds is 4. The summed E-state index contributed by atoms with van der Waals surface area (Å²) in [6.45, 7) is 4.69. The molecule has 1 aromatic rings. The number of unbranched alkanes of at least 4 members (excludes halogenated alkanes) is 1. The van der Waals surface area contributed by atoms with Crippen molar-refractivity contribution in [1.82, 2.24) is 9.88 Å². The third kappa shape index (κ3) is 3.43. The monoisotopic (exact) mass is 252 g/mol. The maximum absolute atomic E-state index is 5.85. The Bertz CT molecular complexity index is 337. The minimum Gasteiger partial charge on any atom is -0.296 e. The Morgan fingerprint density at radius 1 is 1.41 bits per heavy atom. The van der Waals surface area contributed by atoms with Gasteiger partial charge in [-0.15, -0.1) is 0 Å². The van der Waals surface area contributed by atoms with Gasteiger partial charge < -0.3 is 0 Å². The number of hydrogen-bond acceptors (Lipinski definition) is 2.